The largest absolute Gasteiger partial charge is 0.496 e. The second-order valence-corrected chi connectivity index (χ2v) is 9.24. The highest BCUT2D eigenvalue weighted by Crippen LogP contribution is 2.39. The number of H-pyrrole nitrogens is 1. The summed E-state index contributed by atoms with van der Waals surface area (Å²) in [7, 11) is 1.76. The molecule has 1 atom stereocenters. The summed E-state index contributed by atoms with van der Waals surface area (Å²) in [5, 5.41) is 5.02. The van der Waals surface area contributed by atoms with Gasteiger partial charge in [0.05, 0.1) is 13.2 Å². The number of ether oxygens (including phenoxy) is 2. The average Bonchev–Trinajstić information content (AvgIpc) is 3.21. The summed E-state index contributed by atoms with van der Waals surface area (Å²) in [6, 6.07) is 21.3. The molecule has 33 heavy (non-hydrogen) atoms. The molecule has 0 radical (unpaired) electrons. The van der Waals surface area contributed by atoms with Crippen LogP contribution in [-0.4, -0.2) is 18.6 Å². The fourth-order valence-corrected chi connectivity index (χ4v) is 4.96. The molecule has 0 saturated heterocycles. The highest BCUT2D eigenvalue weighted by atomic mass is 16.5. The first kappa shape index (κ1) is 21.6. The second-order valence-electron chi connectivity index (χ2n) is 9.24. The van der Waals surface area contributed by atoms with Crippen molar-refractivity contribution in [3.05, 3.63) is 94.2 Å². The Labute approximate surface area is 195 Å². The third kappa shape index (κ3) is 4.11. The normalized spacial score (nSPS) is 15.6. The van der Waals surface area contributed by atoms with Gasteiger partial charge in [0.2, 0.25) is 0 Å². The molecule has 1 unspecified atom stereocenters. The molecule has 2 heterocycles. The Morgan fingerprint density at radius 2 is 1.85 bits per heavy atom. The minimum absolute atomic E-state index is 0.137. The van der Waals surface area contributed by atoms with Crippen LogP contribution in [0.2, 0.25) is 0 Å². The highest BCUT2D eigenvalue weighted by Gasteiger charge is 2.27. The van der Waals surface area contributed by atoms with E-state index in [0.29, 0.717) is 12.5 Å². The Hall–Kier alpha value is -3.24. The molecule has 0 spiro atoms. The van der Waals surface area contributed by atoms with Crippen LogP contribution in [0, 0.1) is 6.92 Å². The van der Waals surface area contributed by atoms with Crippen molar-refractivity contribution in [1.29, 1.82) is 0 Å². The number of methoxy groups -OCH3 is 1. The average molecular weight is 441 g/mol. The molecule has 1 aliphatic rings. The number of aromatic amines is 1. The summed E-state index contributed by atoms with van der Waals surface area (Å²) in [5.41, 5.74) is 8.80. The first-order chi connectivity index (χ1) is 16.0. The Bertz CT molecular complexity index is 1270. The van der Waals surface area contributed by atoms with E-state index in [9.17, 15) is 0 Å². The molecule has 1 aromatic heterocycles. The summed E-state index contributed by atoms with van der Waals surface area (Å²) in [4.78, 5) is 3.72. The number of hydrogen-bond acceptors (Lipinski definition) is 3. The molecule has 0 fully saturated rings. The molecule has 0 bridgehead atoms. The van der Waals surface area contributed by atoms with Crippen LogP contribution in [-0.2, 0) is 13.0 Å². The van der Waals surface area contributed by atoms with Crippen LogP contribution in [0.1, 0.15) is 59.3 Å². The molecular formula is C29H32N2O2. The van der Waals surface area contributed by atoms with Crippen LogP contribution in [0.5, 0.6) is 11.5 Å². The number of hydrogen-bond donors (Lipinski definition) is 2. The molecule has 4 heteroatoms. The van der Waals surface area contributed by atoms with Gasteiger partial charge in [0.15, 0.2) is 0 Å². The van der Waals surface area contributed by atoms with Crippen molar-refractivity contribution in [2.45, 2.75) is 45.8 Å². The smallest absolute Gasteiger partial charge is 0.122 e. The van der Waals surface area contributed by atoms with E-state index in [2.05, 4.69) is 73.5 Å². The zero-order valence-electron chi connectivity index (χ0n) is 19.9. The molecule has 0 saturated carbocycles. The third-order valence-corrected chi connectivity index (χ3v) is 6.72. The maximum absolute atomic E-state index is 6.12. The van der Waals surface area contributed by atoms with E-state index in [0.717, 1.165) is 30.0 Å². The second kappa shape index (κ2) is 8.95. The predicted octanol–water partition coefficient (Wildman–Crippen LogP) is 6.42. The van der Waals surface area contributed by atoms with Crippen LogP contribution in [0.4, 0.5) is 0 Å². The van der Waals surface area contributed by atoms with Gasteiger partial charge in [-0.2, -0.15) is 0 Å². The molecule has 4 nitrogen and oxygen atoms in total. The van der Waals surface area contributed by atoms with Gasteiger partial charge in [0, 0.05) is 23.1 Å². The SMILES string of the molecule is COc1cc(C)c(C2NCCc3c2[nH]c2ccc(OCc4ccccc4)cc32)cc1C(C)C. The lowest BCUT2D eigenvalue weighted by molar-refractivity contribution is 0.306. The van der Waals surface area contributed by atoms with Crippen molar-refractivity contribution in [2.75, 3.05) is 13.7 Å². The molecule has 0 aliphatic carbocycles. The Kier molecular flexibility index (Phi) is 5.86. The number of rotatable bonds is 6. The van der Waals surface area contributed by atoms with Crippen LogP contribution < -0.4 is 14.8 Å². The zero-order chi connectivity index (χ0) is 22.9. The third-order valence-electron chi connectivity index (χ3n) is 6.72. The Balaban J connectivity index is 1.51. The van der Waals surface area contributed by atoms with E-state index in [1.165, 1.54) is 38.9 Å². The lowest BCUT2D eigenvalue weighted by Gasteiger charge is -2.27. The summed E-state index contributed by atoms with van der Waals surface area (Å²) in [6.45, 7) is 8.14. The lowest BCUT2D eigenvalue weighted by Crippen LogP contribution is -2.31. The molecule has 1 aliphatic heterocycles. The van der Waals surface area contributed by atoms with Gasteiger partial charge in [-0.25, -0.2) is 0 Å². The maximum atomic E-state index is 6.12. The Morgan fingerprint density at radius 1 is 1.03 bits per heavy atom. The van der Waals surface area contributed by atoms with E-state index in [1.54, 1.807) is 7.11 Å². The van der Waals surface area contributed by atoms with Crippen molar-refractivity contribution in [3.63, 3.8) is 0 Å². The monoisotopic (exact) mass is 440 g/mol. The van der Waals surface area contributed by atoms with Crippen molar-refractivity contribution in [1.82, 2.24) is 10.3 Å². The molecule has 3 aromatic carbocycles. The van der Waals surface area contributed by atoms with Gasteiger partial charge in [-0.3, -0.25) is 0 Å². The summed E-state index contributed by atoms with van der Waals surface area (Å²) >= 11 is 0. The van der Waals surface area contributed by atoms with Gasteiger partial charge in [-0.1, -0.05) is 44.2 Å². The minimum atomic E-state index is 0.137. The number of nitrogens with one attached hydrogen (secondary N) is 2. The van der Waals surface area contributed by atoms with E-state index >= 15 is 0 Å². The molecule has 2 N–H and O–H groups in total. The van der Waals surface area contributed by atoms with Crippen molar-refractivity contribution >= 4 is 10.9 Å². The number of benzene rings is 3. The van der Waals surface area contributed by atoms with Crippen LogP contribution in [0.25, 0.3) is 10.9 Å². The van der Waals surface area contributed by atoms with Crippen LogP contribution in [0.3, 0.4) is 0 Å². The van der Waals surface area contributed by atoms with Gasteiger partial charge < -0.3 is 19.8 Å². The number of aryl methyl sites for hydroxylation is 1. The number of aromatic nitrogens is 1. The van der Waals surface area contributed by atoms with Gasteiger partial charge in [0.1, 0.15) is 18.1 Å². The fourth-order valence-electron chi connectivity index (χ4n) is 4.96. The zero-order valence-corrected chi connectivity index (χ0v) is 19.9. The molecule has 0 amide bonds. The quantitative estimate of drug-likeness (QED) is 0.363. The highest BCUT2D eigenvalue weighted by molar-refractivity contribution is 5.86. The molecule has 170 valence electrons. The van der Waals surface area contributed by atoms with Crippen molar-refractivity contribution in [2.24, 2.45) is 0 Å². The standard InChI is InChI=1S/C29H32N2O2/c1-18(2)23-16-24(19(3)14-27(23)32-4)28-29-22(12-13-30-28)25-15-21(10-11-26(25)31-29)33-17-20-8-6-5-7-9-20/h5-11,14-16,18,28,30-31H,12-13,17H2,1-4H3. The van der Waals surface area contributed by atoms with Gasteiger partial charge in [-0.15, -0.1) is 0 Å². The topological polar surface area (TPSA) is 46.3 Å². The minimum Gasteiger partial charge on any atom is -0.496 e. The predicted molar refractivity (Wildman–Crippen MR) is 134 cm³/mol. The molecular weight excluding hydrogens is 408 g/mol. The van der Waals surface area contributed by atoms with Crippen LogP contribution in [0.15, 0.2) is 60.7 Å². The van der Waals surface area contributed by atoms with Gasteiger partial charge in [0.25, 0.3) is 0 Å². The molecule has 5 rings (SSSR count). The first-order valence-electron chi connectivity index (χ1n) is 11.8. The number of fused-ring (bicyclic) bond motifs is 3. The van der Waals surface area contributed by atoms with E-state index in [4.69, 9.17) is 9.47 Å². The van der Waals surface area contributed by atoms with E-state index in [-0.39, 0.29) is 6.04 Å². The van der Waals surface area contributed by atoms with Crippen molar-refractivity contribution in [3.8, 4) is 11.5 Å². The maximum Gasteiger partial charge on any atom is 0.122 e. The van der Waals surface area contributed by atoms with Gasteiger partial charge >= 0.3 is 0 Å². The summed E-state index contributed by atoms with van der Waals surface area (Å²) in [5.74, 6) is 2.28. The Morgan fingerprint density at radius 3 is 2.61 bits per heavy atom. The fraction of sp³-hybridized carbons (Fsp3) is 0.310. The van der Waals surface area contributed by atoms with E-state index in [1.807, 2.05) is 18.2 Å². The van der Waals surface area contributed by atoms with Gasteiger partial charge in [-0.05, 0) is 77.4 Å². The van der Waals surface area contributed by atoms with Crippen LogP contribution >= 0.6 is 0 Å². The lowest BCUT2D eigenvalue weighted by atomic mass is 9.88. The summed E-state index contributed by atoms with van der Waals surface area (Å²) < 4.78 is 11.8. The van der Waals surface area contributed by atoms with Crippen molar-refractivity contribution < 1.29 is 9.47 Å². The first-order valence-corrected chi connectivity index (χ1v) is 11.8. The van der Waals surface area contributed by atoms with E-state index < -0.39 is 0 Å². The summed E-state index contributed by atoms with van der Waals surface area (Å²) in [6.07, 6.45) is 1.00. The molecule has 4 aromatic rings.